The van der Waals surface area contributed by atoms with E-state index in [1.165, 1.54) is 18.2 Å². The Balaban J connectivity index is 1.46. The van der Waals surface area contributed by atoms with E-state index in [0.717, 1.165) is 16.7 Å². The van der Waals surface area contributed by atoms with Gasteiger partial charge in [0.05, 0.1) is 21.9 Å². The molecule has 1 aliphatic heterocycles. The molecule has 0 unspecified atom stereocenters. The number of hydrogen-bond acceptors (Lipinski definition) is 7. The number of thioether (sulfide) groups is 1. The Morgan fingerprint density at radius 1 is 0.970 bits per heavy atom. The number of nitro benzene ring substituents is 1. The molecule has 1 saturated heterocycles. The number of carbonyl (C=O) groups excluding carboxylic acids is 3. The van der Waals surface area contributed by atoms with Crippen LogP contribution in [0.15, 0.2) is 83.8 Å². The molecular weight excluding hydrogens is 444 g/mol. The van der Waals surface area contributed by atoms with Gasteiger partial charge in [0.15, 0.2) is 0 Å². The van der Waals surface area contributed by atoms with Crippen molar-refractivity contribution < 1.29 is 24.0 Å². The molecule has 1 aliphatic rings. The minimum absolute atomic E-state index is 0.152. The Labute approximate surface area is 192 Å². The van der Waals surface area contributed by atoms with Gasteiger partial charge in [0, 0.05) is 11.6 Å². The van der Waals surface area contributed by atoms with Crippen LogP contribution in [0.5, 0.6) is 5.75 Å². The molecule has 0 bridgehead atoms. The maximum absolute atomic E-state index is 12.8. The van der Waals surface area contributed by atoms with Crippen LogP contribution in [0.3, 0.4) is 0 Å². The van der Waals surface area contributed by atoms with Crippen molar-refractivity contribution in [2.75, 3.05) is 0 Å². The highest BCUT2D eigenvalue weighted by molar-refractivity contribution is 8.18. The number of nitro groups is 1. The second-order valence-electron chi connectivity index (χ2n) is 6.98. The van der Waals surface area contributed by atoms with Crippen LogP contribution in [0.1, 0.15) is 21.5 Å². The number of imide groups is 1. The van der Waals surface area contributed by atoms with E-state index in [0.29, 0.717) is 16.9 Å². The monoisotopic (exact) mass is 460 g/mol. The Morgan fingerprint density at radius 2 is 1.64 bits per heavy atom. The van der Waals surface area contributed by atoms with Crippen molar-refractivity contribution in [1.82, 2.24) is 4.90 Å². The Bertz CT molecular complexity index is 1270. The smallest absolute Gasteiger partial charge is 0.343 e. The van der Waals surface area contributed by atoms with Crippen LogP contribution in [0.25, 0.3) is 6.08 Å². The summed E-state index contributed by atoms with van der Waals surface area (Å²) in [4.78, 5) is 49.1. The van der Waals surface area contributed by atoms with Crippen LogP contribution in [-0.2, 0) is 11.3 Å². The zero-order valence-corrected chi connectivity index (χ0v) is 17.9. The fraction of sp³-hybridized carbons (Fsp3) is 0.0417. The van der Waals surface area contributed by atoms with Crippen molar-refractivity contribution in [3.05, 3.63) is 111 Å². The van der Waals surface area contributed by atoms with E-state index in [-0.39, 0.29) is 22.7 Å². The number of nitrogens with zero attached hydrogens (tertiary/aromatic N) is 2. The van der Waals surface area contributed by atoms with E-state index in [9.17, 15) is 24.5 Å². The summed E-state index contributed by atoms with van der Waals surface area (Å²) in [5.41, 5.74) is 1.18. The van der Waals surface area contributed by atoms with Crippen LogP contribution < -0.4 is 4.74 Å². The number of amides is 2. The van der Waals surface area contributed by atoms with Crippen molar-refractivity contribution in [1.29, 1.82) is 0 Å². The molecule has 33 heavy (non-hydrogen) atoms. The summed E-state index contributed by atoms with van der Waals surface area (Å²) in [6.07, 6.45) is 1.55. The standard InChI is InChI=1S/C24H16N2O6S/c27-22-21(33-24(29)25(22)15-18-8-4-5-9-20(18)26(30)31)14-16-10-12-19(13-11-16)32-23(28)17-6-2-1-3-7-17/h1-14H,15H2/b21-14-. The van der Waals surface area contributed by atoms with Gasteiger partial charge in [-0.05, 0) is 47.7 Å². The summed E-state index contributed by atoms with van der Waals surface area (Å²) in [7, 11) is 0. The highest BCUT2D eigenvalue weighted by atomic mass is 32.2. The number of ether oxygens (including phenoxy) is 1. The molecule has 0 radical (unpaired) electrons. The van der Waals surface area contributed by atoms with Crippen molar-refractivity contribution in [2.24, 2.45) is 0 Å². The summed E-state index contributed by atoms with van der Waals surface area (Å²) in [5, 5.41) is 10.7. The molecule has 0 saturated carbocycles. The second-order valence-corrected chi connectivity index (χ2v) is 7.97. The van der Waals surface area contributed by atoms with Gasteiger partial charge in [0.25, 0.3) is 16.8 Å². The third kappa shape index (κ3) is 4.99. The lowest BCUT2D eigenvalue weighted by molar-refractivity contribution is -0.385. The van der Waals surface area contributed by atoms with Gasteiger partial charge in [-0.2, -0.15) is 0 Å². The minimum atomic E-state index is -0.545. The molecule has 3 aromatic rings. The topological polar surface area (TPSA) is 107 Å². The van der Waals surface area contributed by atoms with E-state index in [1.54, 1.807) is 66.7 Å². The molecule has 9 heteroatoms. The van der Waals surface area contributed by atoms with E-state index >= 15 is 0 Å². The molecule has 0 N–H and O–H groups in total. The first-order chi connectivity index (χ1) is 15.9. The van der Waals surface area contributed by atoms with E-state index in [4.69, 9.17) is 4.74 Å². The molecule has 1 fully saturated rings. The summed E-state index contributed by atoms with van der Waals surface area (Å²) in [6, 6.07) is 21.0. The number of hydrogen-bond donors (Lipinski definition) is 0. The van der Waals surface area contributed by atoms with Gasteiger partial charge in [0.1, 0.15) is 5.75 Å². The molecule has 0 atom stereocenters. The average Bonchev–Trinajstić information content (AvgIpc) is 3.08. The number of para-hydroxylation sites is 1. The van der Waals surface area contributed by atoms with Gasteiger partial charge in [-0.25, -0.2) is 4.79 Å². The first kappa shape index (κ1) is 22.0. The first-order valence-electron chi connectivity index (χ1n) is 9.77. The SMILES string of the molecule is O=C(Oc1ccc(/C=C2\SC(=O)N(Cc3ccccc3[N+](=O)[O-])C2=O)cc1)c1ccccc1. The zero-order chi connectivity index (χ0) is 23.4. The lowest BCUT2D eigenvalue weighted by atomic mass is 10.1. The third-order valence-corrected chi connectivity index (χ3v) is 5.70. The molecule has 3 aromatic carbocycles. The van der Waals surface area contributed by atoms with Crippen molar-refractivity contribution in [3.63, 3.8) is 0 Å². The number of benzene rings is 3. The van der Waals surface area contributed by atoms with E-state index in [2.05, 4.69) is 0 Å². The molecule has 1 heterocycles. The lowest BCUT2D eigenvalue weighted by Crippen LogP contribution is -2.27. The molecule has 2 amide bonds. The summed E-state index contributed by atoms with van der Waals surface area (Å²) < 4.78 is 5.33. The number of rotatable bonds is 6. The molecular formula is C24H16N2O6S. The molecule has 4 rings (SSSR count). The lowest BCUT2D eigenvalue weighted by Gasteiger charge is -2.12. The molecule has 0 aromatic heterocycles. The molecule has 164 valence electrons. The van der Waals surface area contributed by atoms with Crippen molar-refractivity contribution in [2.45, 2.75) is 6.54 Å². The fourth-order valence-electron chi connectivity index (χ4n) is 3.15. The van der Waals surface area contributed by atoms with Crippen LogP contribution in [-0.4, -0.2) is 26.9 Å². The largest absolute Gasteiger partial charge is 0.423 e. The van der Waals surface area contributed by atoms with E-state index < -0.39 is 22.0 Å². The van der Waals surface area contributed by atoms with Gasteiger partial charge < -0.3 is 4.74 Å². The molecule has 8 nitrogen and oxygen atoms in total. The second kappa shape index (κ2) is 9.49. The number of carbonyl (C=O) groups is 3. The van der Waals surface area contributed by atoms with Gasteiger partial charge in [-0.3, -0.25) is 24.6 Å². The highest BCUT2D eigenvalue weighted by Gasteiger charge is 2.36. The van der Waals surface area contributed by atoms with Gasteiger partial charge in [-0.1, -0.05) is 48.5 Å². The third-order valence-electron chi connectivity index (χ3n) is 4.79. The van der Waals surface area contributed by atoms with Gasteiger partial charge >= 0.3 is 5.97 Å². The predicted octanol–water partition coefficient (Wildman–Crippen LogP) is 5.05. The van der Waals surface area contributed by atoms with E-state index in [1.807, 2.05) is 0 Å². The molecule has 0 aliphatic carbocycles. The average molecular weight is 460 g/mol. The highest BCUT2D eigenvalue weighted by Crippen LogP contribution is 2.34. The molecule has 0 spiro atoms. The maximum Gasteiger partial charge on any atom is 0.343 e. The fourth-order valence-corrected chi connectivity index (χ4v) is 3.99. The first-order valence-corrected chi connectivity index (χ1v) is 10.6. The van der Waals surface area contributed by atoms with Crippen LogP contribution >= 0.6 is 11.8 Å². The Hall–Kier alpha value is -4.24. The minimum Gasteiger partial charge on any atom is -0.423 e. The summed E-state index contributed by atoms with van der Waals surface area (Å²) in [5.74, 6) is -0.673. The van der Waals surface area contributed by atoms with Crippen LogP contribution in [0.2, 0.25) is 0 Å². The van der Waals surface area contributed by atoms with Crippen LogP contribution in [0.4, 0.5) is 10.5 Å². The summed E-state index contributed by atoms with van der Waals surface area (Å²) >= 11 is 0.766. The maximum atomic E-state index is 12.8. The summed E-state index contributed by atoms with van der Waals surface area (Å²) in [6.45, 7) is -0.187. The van der Waals surface area contributed by atoms with Crippen molar-refractivity contribution in [3.8, 4) is 5.75 Å². The predicted molar refractivity (Wildman–Crippen MR) is 122 cm³/mol. The Morgan fingerprint density at radius 3 is 2.33 bits per heavy atom. The van der Waals surface area contributed by atoms with Crippen molar-refractivity contribution >= 4 is 40.6 Å². The van der Waals surface area contributed by atoms with Crippen LogP contribution in [0, 0.1) is 10.1 Å². The Kier molecular flexibility index (Phi) is 6.32. The quantitative estimate of drug-likeness (QED) is 0.167. The normalized spacial score (nSPS) is 14.5. The zero-order valence-electron chi connectivity index (χ0n) is 17.0. The van der Waals surface area contributed by atoms with Gasteiger partial charge in [0.2, 0.25) is 0 Å². The van der Waals surface area contributed by atoms with Gasteiger partial charge in [-0.15, -0.1) is 0 Å². The number of esters is 1.